The molecule has 1 atom stereocenters. The van der Waals surface area contributed by atoms with Crippen molar-refractivity contribution in [3.63, 3.8) is 0 Å². The van der Waals surface area contributed by atoms with Gasteiger partial charge in [0.25, 0.3) is 0 Å². The smallest absolute Gasteiger partial charge is 0.124 e. The number of hydrogen-bond donors (Lipinski definition) is 2. The molecule has 0 spiro atoms. The highest BCUT2D eigenvalue weighted by atomic mass is 79.9. The van der Waals surface area contributed by atoms with Crippen molar-refractivity contribution in [2.24, 2.45) is 0 Å². The molecular formula is C17H19BrFNO. The number of rotatable bonds is 6. The van der Waals surface area contributed by atoms with Crippen LogP contribution in [0.15, 0.2) is 46.9 Å². The SMILES string of the molecule is CCCNC(Cc1cccc(O)c1)c1cc(F)cc(Br)c1. The van der Waals surface area contributed by atoms with E-state index in [1.807, 2.05) is 18.2 Å². The fourth-order valence-corrected chi connectivity index (χ4v) is 2.80. The largest absolute Gasteiger partial charge is 0.508 e. The summed E-state index contributed by atoms with van der Waals surface area (Å²) in [6, 6.07) is 12.1. The molecule has 2 aromatic carbocycles. The molecule has 0 fully saturated rings. The van der Waals surface area contributed by atoms with Gasteiger partial charge in [0.2, 0.25) is 0 Å². The van der Waals surface area contributed by atoms with Crippen LogP contribution in [-0.2, 0) is 6.42 Å². The second kappa shape index (κ2) is 7.57. The lowest BCUT2D eigenvalue weighted by atomic mass is 9.98. The lowest BCUT2D eigenvalue weighted by Gasteiger charge is -2.20. The van der Waals surface area contributed by atoms with Gasteiger partial charge in [-0.2, -0.15) is 0 Å². The Kier molecular flexibility index (Phi) is 5.76. The minimum atomic E-state index is -0.251. The minimum Gasteiger partial charge on any atom is -0.508 e. The maximum Gasteiger partial charge on any atom is 0.124 e. The Hall–Kier alpha value is -1.39. The van der Waals surface area contributed by atoms with Crippen molar-refractivity contribution in [1.82, 2.24) is 5.32 Å². The maximum atomic E-state index is 13.6. The van der Waals surface area contributed by atoms with Crippen molar-refractivity contribution in [3.8, 4) is 5.75 Å². The minimum absolute atomic E-state index is 0.0127. The summed E-state index contributed by atoms with van der Waals surface area (Å²) in [6.07, 6.45) is 1.71. The Morgan fingerprint density at radius 1 is 1.24 bits per heavy atom. The van der Waals surface area contributed by atoms with Gasteiger partial charge in [0.05, 0.1) is 0 Å². The first-order valence-corrected chi connectivity index (χ1v) is 7.85. The summed E-state index contributed by atoms with van der Waals surface area (Å²) in [5, 5.41) is 13.0. The van der Waals surface area contributed by atoms with Crippen molar-refractivity contribution in [3.05, 3.63) is 63.9 Å². The van der Waals surface area contributed by atoms with Gasteiger partial charge < -0.3 is 10.4 Å². The van der Waals surface area contributed by atoms with Crippen LogP contribution < -0.4 is 5.32 Å². The van der Waals surface area contributed by atoms with Crippen LogP contribution in [0.4, 0.5) is 4.39 Å². The van der Waals surface area contributed by atoms with Crippen LogP contribution in [0.5, 0.6) is 5.75 Å². The fraction of sp³-hybridized carbons (Fsp3) is 0.294. The van der Waals surface area contributed by atoms with E-state index >= 15 is 0 Å². The first-order chi connectivity index (χ1) is 10.1. The number of aromatic hydroxyl groups is 1. The van der Waals surface area contributed by atoms with Crippen molar-refractivity contribution >= 4 is 15.9 Å². The molecule has 1 unspecified atom stereocenters. The molecule has 0 aliphatic heterocycles. The van der Waals surface area contributed by atoms with E-state index in [0.29, 0.717) is 6.42 Å². The molecule has 0 aromatic heterocycles. The van der Waals surface area contributed by atoms with Gasteiger partial charge in [-0.25, -0.2) is 4.39 Å². The number of halogens is 2. The lowest BCUT2D eigenvalue weighted by Crippen LogP contribution is -2.24. The van der Waals surface area contributed by atoms with Gasteiger partial charge in [0.15, 0.2) is 0 Å². The predicted molar refractivity (Wildman–Crippen MR) is 86.9 cm³/mol. The normalized spacial score (nSPS) is 12.3. The topological polar surface area (TPSA) is 32.3 Å². The predicted octanol–water partition coefficient (Wildman–Crippen LogP) is 4.58. The van der Waals surface area contributed by atoms with E-state index in [1.165, 1.54) is 6.07 Å². The average molecular weight is 352 g/mol. The van der Waals surface area contributed by atoms with Crippen LogP contribution in [0.1, 0.15) is 30.5 Å². The molecule has 2 nitrogen and oxygen atoms in total. The van der Waals surface area contributed by atoms with Crippen molar-refractivity contribution in [1.29, 1.82) is 0 Å². The standard InChI is InChI=1S/C17H19BrFNO/c1-2-6-20-17(8-12-4-3-5-16(21)7-12)13-9-14(18)11-15(19)10-13/h3-5,7,9-11,17,20-21H,2,6,8H2,1H3. The van der Waals surface area contributed by atoms with E-state index in [0.717, 1.165) is 28.6 Å². The molecule has 21 heavy (non-hydrogen) atoms. The number of phenolic OH excluding ortho intramolecular Hbond substituents is 1. The number of hydrogen-bond acceptors (Lipinski definition) is 2. The van der Waals surface area contributed by atoms with Crippen molar-refractivity contribution in [2.45, 2.75) is 25.8 Å². The van der Waals surface area contributed by atoms with Gasteiger partial charge in [-0.15, -0.1) is 0 Å². The molecule has 0 heterocycles. The number of phenols is 1. The third-order valence-corrected chi connectivity index (χ3v) is 3.74. The molecule has 4 heteroatoms. The summed E-state index contributed by atoms with van der Waals surface area (Å²) in [7, 11) is 0. The van der Waals surface area contributed by atoms with E-state index in [1.54, 1.807) is 18.2 Å². The van der Waals surface area contributed by atoms with Crippen LogP contribution in [-0.4, -0.2) is 11.7 Å². The summed E-state index contributed by atoms with van der Waals surface area (Å²) in [5.41, 5.74) is 1.92. The number of benzene rings is 2. The molecule has 2 rings (SSSR count). The monoisotopic (exact) mass is 351 g/mol. The Bertz CT molecular complexity index is 583. The first kappa shape index (κ1) is 16.0. The Morgan fingerprint density at radius 3 is 2.71 bits per heavy atom. The second-order valence-electron chi connectivity index (χ2n) is 5.08. The summed E-state index contributed by atoms with van der Waals surface area (Å²) in [6.45, 7) is 2.96. The summed E-state index contributed by atoms with van der Waals surface area (Å²) < 4.78 is 14.3. The molecule has 0 amide bonds. The maximum absolute atomic E-state index is 13.6. The molecule has 0 radical (unpaired) electrons. The van der Waals surface area contributed by atoms with Gasteiger partial charge in [-0.05, 0) is 60.8 Å². The molecule has 0 aliphatic rings. The molecule has 112 valence electrons. The number of nitrogens with one attached hydrogen (secondary N) is 1. The van der Waals surface area contributed by atoms with E-state index < -0.39 is 0 Å². The van der Waals surface area contributed by atoms with Crippen LogP contribution in [0.3, 0.4) is 0 Å². The average Bonchev–Trinajstić information content (AvgIpc) is 2.42. The van der Waals surface area contributed by atoms with E-state index in [-0.39, 0.29) is 17.6 Å². The van der Waals surface area contributed by atoms with Crippen molar-refractivity contribution in [2.75, 3.05) is 6.54 Å². The van der Waals surface area contributed by atoms with Gasteiger partial charge in [0, 0.05) is 10.5 Å². The zero-order valence-corrected chi connectivity index (χ0v) is 13.5. The molecular weight excluding hydrogens is 333 g/mol. The Labute approximate surface area is 133 Å². The molecule has 0 saturated heterocycles. The third-order valence-electron chi connectivity index (χ3n) is 3.28. The summed E-state index contributed by atoms with van der Waals surface area (Å²) in [4.78, 5) is 0. The van der Waals surface area contributed by atoms with E-state index in [4.69, 9.17) is 0 Å². The zero-order chi connectivity index (χ0) is 15.2. The highest BCUT2D eigenvalue weighted by Crippen LogP contribution is 2.24. The van der Waals surface area contributed by atoms with E-state index in [2.05, 4.69) is 28.2 Å². The third kappa shape index (κ3) is 4.83. The molecule has 0 saturated carbocycles. The van der Waals surface area contributed by atoms with Gasteiger partial charge >= 0.3 is 0 Å². The van der Waals surface area contributed by atoms with Crippen molar-refractivity contribution < 1.29 is 9.50 Å². The molecule has 0 bridgehead atoms. The Balaban J connectivity index is 2.25. The Morgan fingerprint density at radius 2 is 2.05 bits per heavy atom. The quantitative estimate of drug-likeness (QED) is 0.798. The first-order valence-electron chi connectivity index (χ1n) is 7.05. The lowest BCUT2D eigenvalue weighted by molar-refractivity contribution is 0.472. The van der Waals surface area contributed by atoms with E-state index in [9.17, 15) is 9.50 Å². The van der Waals surface area contributed by atoms with Gasteiger partial charge in [0.1, 0.15) is 11.6 Å². The second-order valence-corrected chi connectivity index (χ2v) is 6.00. The van der Waals surface area contributed by atoms with Crippen LogP contribution in [0.25, 0.3) is 0 Å². The highest BCUT2D eigenvalue weighted by Gasteiger charge is 2.13. The summed E-state index contributed by atoms with van der Waals surface area (Å²) >= 11 is 3.34. The molecule has 0 aliphatic carbocycles. The highest BCUT2D eigenvalue weighted by molar-refractivity contribution is 9.10. The fourth-order valence-electron chi connectivity index (χ4n) is 2.32. The summed E-state index contributed by atoms with van der Waals surface area (Å²) in [5.74, 6) is 0.000691. The molecule has 2 aromatic rings. The van der Waals surface area contributed by atoms with Gasteiger partial charge in [-0.3, -0.25) is 0 Å². The zero-order valence-electron chi connectivity index (χ0n) is 11.9. The van der Waals surface area contributed by atoms with Crippen LogP contribution >= 0.6 is 15.9 Å². The molecule has 2 N–H and O–H groups in total. The van der Waals surface area contributed by atoms with Crippen LogP contribution in [0, 0.1) is 5.82 Å². The van der Waals surface area contributed by atoms with Gasteiger partial charge in [-0.1, -0.05) is 35.0 Å². The van der Waals surface area contributed by atoms with Crippen LogP contribution in [0.2, 0.25) is 0 Å².